The molecule has 2 aromatic rings. The highest BCUT2D eigenvalue weighted by Crippen LogP contribution is 2.25. The third-order valence-electron chi connectivity index (χ3n) is 2.24. The third kappa shape index (κ3) is 3.69. The maximum atomic E-state index is 11.9. The van der Waals surface area contributed by atoms with Crippen LogP contribution in [0.1, 0.15) is 15.2 Å². The Hall–Kier alpha value is -0.580. The van der Waals surface area contributed by atoms with Crippen molar-refractivity contribution in [1.29, 1.82) is 0 Å². The highest BCUT2D eigenvalue weighted by molar-refractivity contribution is 9.11. The van der Waals surface area contributed by atoms with Gasteiger partial charge in [0, 0.05) is 4.90 Å². The molecule has 1 heterocycles. The first kappa shape index (κ1) is 12.9. The maximum Gasteiger partial charge on any atom is 0.183 e. The van der Waals surface area contributed by atoms with E-state index in [9.17, 15) is 4.79 Å². The molecule has 0 radical (unpaired) electrons. The number of benzene rings is 1. The van der Waals surface area contributed by atoms with Gasteiger partial charge in [0.25, 0.3) is 0 Å². The predicted octanol–water partition coefficient (Wildman–Crippen LogP) is 4.79. The zero-order valence-electron chi connectivity index (χ0n) is 9.27. The van der Waals surface area contributed by atoms with Gasteiger partial charge in [0.15, 0.2) is 5.78 Å². The molecule has 0 spiro atoms. The lowest BCUT2D eigenvalue weighted by Crippen LogP contribution is -1.98. The van der Waals surface area contributed by atoms with Crippen molar-refractivity contribution < 1.29 is 4.79 Å². The van der Waals surface area contributed by atoms with Crippen LogP contribution in [0.5, 0.6) is 0 Å². The van der Waals surface area contributed by atoms with E-state index in [1.54, 1.807) is 11.8 Å². The number of thioether (sulfide) groups is 1. The van der Waals surface area contributed by atoms with Gasteiger partial charge in [-0.1, -0.05) is 17.7 Å². The summed E-state index contributed by atoms with van der Waals surface area (Å²) in [6, 6.07) is 12.0. The average Bonchev–Trinajstić information content (AvgIpc) is 2.75. The Morgan fingerprint density at radius 2 is 1.94 bits per heavy atom. The van der Waals surface area contributed by atoms with Crippen LogP contribution in [-0.4, -0.2) is 11.5 Å². The number of carbonyl (C=O) groups excluding carboxylic acids is 1. The molecule has 0 saturated carbocycles. The van der Waals surface area contributed by atoms with E-state index >= 15 is 0 Å². The Kier molecular flexibility index (Phi) is 4.42. The molecule has 0 atom stereocenters. The molecule has 1 aromatic carbocycles. The number of Topliss-reactive ketones (excluding diaryl/α,β-unsaturated/α-hetero) is 1. The molecular formula is C13H11BrOS2. The van der Waals surface area contributed by atoms with Crippen molar-refractivity contribution in [2.75, 3.05) is 5.75 Å². The summed E-state index contributed by atoms with van der Waals surface area (Å²) in [5, 5.41) is 0. The fourth-order valence-corrected chi connectivity index (χ4v) is 3.52. The Bertz CT molecular complexity index is 516. The number of hydrogen-bond donors (Lipinski definition) is 0. The molecular weight excluding hydrogens is 316 g/mol. The molecule has 1 aromatic heterocycles. The normalized spacial score (nSPS) is 10.5. The SMILES string of the molecule is Cc1ccc(SCC(=O)c2ccc(Br)s2)cc1. The number of thiophene rings is 1. The fraction of sp³-hybridized carbons (Fsp3) is 0.154. The Morgan fingerprint density at radius 3 is 2.53 bits per heavy atom. The van der Waals surface area contributed by atoms with Gasteiger partial charge in [0.1, 0.15) is 0 Å². The van der Waals surface area contributed by atoms with Crippen LogP contribution in [0.25, 0.3) is 0 Å². The van der Waals surface area contributed by atoms with Crippen molar-refractivity contribution >= 4 is 44.8 Å². The van der Waals surface area contributed by atoms with Crippen molar-refractivity contribution in [3.63, 3.8) is 0 Å². The topological polar surface area (TPSA) is 17.1 Å². The molecule has 0 saturated heterocycles. The third-order valence-corrected chi connectivity index (χ3v) is 4.92. The monoisotopic (exact) mass is 326 g/mol. The summed E-state index contributed by atoms with van der Waals surface area (Å²) in [6.07, 6.45) is 0. The van der Waals surface area contributed by atoms with Crippen LogP contribution >= 0.6 is 39.0 Å². The first-order chi connectivity index (χ1) is 8.15. The van der Waals surface area contributed by atoms with E-state index in [0.29, 0.717) is 5.75 Å². The number of carbonyl (C=O) groups is 1. The second-order valence-corrected chi connectivity index (χ2v) is 7.14. The zero-order chi connectivity index (χ0) is 12.3. The Morgan fingerprint density at radius 1 is 1.24 bits per heavy atom. The molecule has 4 heteroatoms. The number of aryl methyl sites for hydroxylation is 1. The summed E-state index contributed by atoms with van der Waals surface area (Å²) in [5.74, 6) is 0.682. The van der Waals surface area contributed by atoms with Crippen molar-refractivity contribution in [1.82, 2.24) is 0 Å². The lowest BCUT2D eigenvalue weighted by atomic mass is 10.2. The Balaban J connectivity index is 1.94. The van der Waals surface area contributed by atoms with Gasteiger partial charge in [-0.3, -0.25) is 4.79 Å². The standard InChI is InChI=1S/C13H11BrOS2/c1-9-2-4-10(5-3-9)16-8-11(15)12-6-7-13(14)17-12/h2-7H,8H2,1H3. The minimum atomic E-state index is 0.186. The van der Waals surface area contributed by atoms with Crippen LogP contribution in [0.15, 0.2) is 45.1 Å². The molecule has 0 aliphatic heterocycles. The highest BCUT2D eigenvalue weighted by atomic mass is 79.9. The highest BCUT2D eigenvalue weighted by Gasteiger charge is 2.08. The van der Waals surface area contributed by atoms with Crippen LogP contribution in [0.2, 0.25) is 0 Å². The van der Waals surface area contributed by atoms with E-state index in [4.69, 9.17) is 0 Å². The molecule has 88 valence electrons. The van der Waals surface area contributed by atoms with Crippen LogP contribution in [0.4, 0.5) is 0 Å². The van der Waals surface area contributed by atoms with E-state index in [1.165, 1.54) is 16.9 Å². The average molecular weight is 327 g/mol. The smallest absolute Gasteiger partial charge is 0.183 e. The summed E-state index contributed by atoms with van der Waals surface area (Å²) >= 11 is 6.43. The van der Waals surface area contributed by atoms with Gasteiger partial charge >= 0.3 is 0 Å². The summed E-state index contributed by atoms with van der Waals surface area (Å²) < 4.78 is 1.00. The summed E-state index contributed by atoms with van der Waals surface area (Å²) in [4.78, 5) is 13.8. The molecule has 1 nitrogen and oxygen atoms in total. The van der Waals surface area contributed by atoms with Crippen molar-refractivity contribution in [2.45, 2.75) is 11.8 Å². The van der Waals surface area contributed by atoms with Gasteiger partial charge in [-0.2, -0.15) is 0 Å². The van der Waals surface area contributed by atoms with Crippen LogP contribution in [-0.2, 0) is 0 Å². The lowest BCUT2D eigenvalue weighted by Gasteiger charge is -2.00. The van der Waals surface area contributed by atoms with Gasteiger partial charge in [-0.05, 0) is 47.1 Å². The quantitative estimate of drug-likeness (QED) is 0.593. The number of halogens is 1. The lowest BCUT2D eigenvalue weighted by molar-refractivity contribution is 0.102. The van der Waals surface area contributed by atoms with E-state index in [1.807, 2.05) is 12.1 Å². The number of rotatable bonds is 4. The molecule has 17 heavy (non-hydrogen) atoms. The van der Waals surface area contributed by atoms with Gasteiger partial charge in [0.2, 0.25) is 0 Å². The Labute approximate surface area is 117 Å². The molecule has 0 fully saturated rings. The second kappa shape index (κ2) is 5.85. The summed E-state index contributed by atoms with van der Waals surface area (Å²) in [7, 11) is 0. The molecule has 0 unspecified atom stereocenters. The van der Waals surface area contributed by atoms with Gasteiger partial charge in [-0.25, -0.2) is 0 Å². The van der Waals surface area contributed by atoms with Crippen molar-refractivity contribution in [3.8, 4) is 0 Å². The van der Waals surface area contributed by atoms with Crippen LogP contribution < -0.4 is 0 Å². The van der Waals surface area contributed by atoms with E-state index < -0.39 is 0 Å². The molecule has 0 amide bonds. The molecule has 0 aliphatic rings. The number of ketones is 1. The first-order valence-corrected chi connectivity index (χ1v) is 7.72. The molecule has 2 rings (SSSR count). The maximum absolute atomic E-state index is 11.9. The van der Waals surface area contributed by atoms with Gasteiger partial charge < -0.3 is 0 Å². The van der Waals surface area contributed by atoms with Crippen molar-refractivity contribution in [2.24, 2.45) is 0 Å². The van der Waals surface area contributed by atoms with Gasteiger partial charge in [-0.15, -0.1) is 23.1 Å². The first-order valence-electron chi connectivity index (χ1n) is 5.13. The van der Waals surface area contributed by atoms with E-state index in [-0.39, 0.29) is 5.78 Å². The fourth-order valence-electron chi connectivity index (χ4n) is 1.32. The minimum Gasteiger partial charge on any atom is -0.292 e. The van der Waals surface area contributed by atoms with E-state index in [2.05, 4.69) is 47.1 Å². The summed E-state index contributed by atoms with van der Waals surface area (Å²) in [6.45, 7) is 2.06. The molecule has 0 aliphatic carbocycles. The van der Waals surface area contributed by atoms with Crippen molar-refractivity contribution in [3.05, 3.63) is 50.6 Å². The number of hydrogen-bond acceptors (Lipinski definition) is 3. The van der Waals surface area contributed by atoms with E-state index in [0.717, 1.165) is 13.6 Å². The summed E-state index contributed by atoms with van der Waals surface area (Å²) in [5.41, 5.74) is 1.24. The second-order valence-electron chi connectivity index (χ2n) is 3.63. The van der Waals surface area contributed by atoms with Crippen LogP contribution in [0, 0.1) is 6.92 Å². The van der Waals surface area contributed by atoms with Gasteiger partial charge in [0.05, 0.1) is 14.4 Å². The van der Waals surface area contributed by atoms with Crippen LogP contribution in [0.3, 0.4) is 0 Å². The predicted molar refractivity (Wildman–Crippen MR) is 78.3 cm³/mol. The molecule has 0 N–H and O–H groups in total. The minimum absolute atomic E-state index is 0.186. The zero-order valence-corrected chi connectivity index (χ0v) is 12.5. The largest absolute Gasteiger partial charge is 0.292 e. The molecule has 0 bridgehead atoms.